The van der Waals surface area contributed by atoms with Gasteiger partial charge in [-0.2, -0.15) is 0 Å². The zero-order valence-electron chi connectivity index (χ0n) is 18.3. The van der Waals surface area contributed by atoms with Crippen molar-refractivity contribution in [3.8, 4) is 0 Å². The van der Waals surface area contributed by atoms with Gasteiger partial charge in [0.15, 0.2) is 6.61 Å². The third kappa shape index (κ3) is 5.18. The predicted octanol–water partition coefficient (Wildman–Crippen LogP) is 3.28. The molecule has 2 amide bonds. The van der Waals surface area contributed by atoms with Crippen LogP contribution in [0.1, 0.15) is 36.8 Å². The molecule has 2 aromatic rings. The number of hydrogen-bond donors (Lipinski definition) is 1. The van der Waals surface area contributed by atoms with Gasteiger partial charge >= 0.3 is 5.97 Å². The maximum Gasteiger partial charge on any atom is 0.310 e. The lowest BCUT2D eigenvalue weighted by atomic mass is 9.78. The normalized spacial score (nSPS) is 19.8. The summed E-state index contributed by atoms with van der Waals surface area (Å²) in [6.45, 7) is 0.831. The first kappa shape index (κ1) is 22.1. The van der Waals surface area contributed by atoms with Crippen LogP contribution in [0.3, 0.4) is 0 Å². The largest absolute Gasteiger partial charge is 0.455 e. The zero-order valence-corrected chi connectivity index (χ0v) is 18.3. The van der Waals surface area contributed by atoms with Crippen LogP contribution >= 0.6 is 0 Å². The number of nitrogens with one attached hydrogen (secondary N) is 1. The molecule has 1 saturated carbocycles. The van der Waals surface area contributed by atoms with Crippen LogP contribution in [-0.2, 0) is 32.0 Å². The van der Waals surface area contributed by atoms with Crippen molar-refractivity contribution in [1.82, 2.24) is 5.32 Å². The highest BCUT2D eigenvalue weighted by Gasteiger charge is 2.40. The number of fused-ring (bicyclic) bond motifs is 1. The Morgan fingerprint density at radius 2 is 1.66 bits per heavy atom. The number of amides is 2. The van der Waals surface area contributed by atoms with Gasteiger partial charge in [-0.05, 0) is 42.9 Å². The summed E-state index contributed by atoms with van der Waals surface area (Å²) in [7, 11) is 0. The Labute approximate surface area is 188 Å². The third-order valence-corrected chi connectivity index (χ3v) is 6.46. The second kappa shape index (κ2) is 10.4. The molecule has 2 aromatic carbocycles. The molecule has 32 heavy (non-hydrogen) atoms. The van der Waals surface area contributed by atoms with Gasteiger partial charge in [-0.3, -0.25) is 14.4 Å². The number of benzene rings is 2. The molecule has 2 aliphatic rings. The lowest BCUT2D eigenvalue weighted by Gasteiger charge is -2.32. The summed E-state index contributed by atoms with van der Waals surface area (Å²) >= 11 is 0. The molecular weight excluding hydrogens is 404 g/mol. The molecule has 0 spiro atoms. The first-order valence-electron chi connectivity index (χ1n) is 11.5. The number of anilines is 1. The Bertz CT molecular complexity index is 959. The first-order valence-corrected chi connectivity index (χ1v) is 11.5. The van der Waals surface area contributed by atoms with E-state index in [-0.39, 0.29) is 24.3 Å². The van der Waals surface area contributed by atoms with Gasteiger partial charge in [-0.1, -0.05) is 61.4 Å². The molecule has 1 aliphatic heterocycles. The minimum absolute atomic E-state index is 0.00362. The van der Waals surface area contributed by atoms with Gasteiger partial charge in [0.1, 0.15) is 0 Å². The average molecular weight is 435 g/mol. The van der Waals surface area contributed by atoms with E-state index in [1.165, 1.54) is 5.56 Å². The van der Waals surface area contributed by atoms with Gasteiger partial charge in [0.05, 0.1) is 11.8 Å². The molecule has 0 bridgehead atoms. The van der Waals surface area contributed by atoms with E-state index in [0.717, 1.165) is 36.9 Å². The quantitative estimate of drug-likeness (QED) is 0.679. The number of rotatable bonds is 7. The highest BCUT2D eigenvalue weighted by Crippen LogP contribution is 2.36. The van der Waals surface area contributed by atoms with Crippen LogP contribution in [0.2, 0.25) is 0 Å². The molecule has 0 saturated heterocycles. The average Bonchev–Trinajstić information content (AvgIpc) is 3.27. The molecule has 0 radical (unpaired) electrons. The van der Waals surface area contributed by atoms with Crippen LogP contribution in [0.15, 0.2) is 54.6 Å². The van der Waals surface area contributed by atoms with E-state index in [2.05, 4.69) is 5.32 Å². The summed E-state index contributed by atoms with van der Waals surface area (Å²) in [6.07, 6.45) is 4.68. The fraction of sp³-hybridized carbons (Fsp3) is 0.423. The molecular formula is C26H30N2O4. The van der Waals surface area contributed by atoms with E-state index in [4.69, 9.17) is 4.74 Å². The van der Waals surface area contributed by atoms with Gasteiger partial charge in [0.25, 0.3) is 5.91 Å². The fourth-order valence-corrected chi connectivity index (χ4v) is 4.76. The standard InChI is InChI=1S/C26H30N2O4/c29-24(27-16-14-19-8-2-1-3-9-19)18-32-26(31)22-12-6-5-11-21(22)25(30)28-17-15-20-10-4-7-13-23(20)28/h1-4,7-10,13,21-22H,5-6,11-12,14-18H2,(H,27,29). The fourth-order valence-electron chi connectivity index (χ4n) is 4.76. The van der Waals surface area contributed by atoms with Crippen molar-refractivity contribution >= 4 is 23.5 Å². The van der Waals surface area contributed by atoms with Crippen LogP contribution < -0.4 is 10.2 Å². The van der Waals surface area contributed by atoms with E-state index in [1.807, 2.05) is 59.5 Å². The van der Waals surface area contributed by atoms with Crippen molar-refractivity contribution in [3.05, 3.63) is 65.7 Å². The molecule has 168 valence electrons. The van der Waals surface area contributed by atoms with Crippen molar-refractivity contribution in [2.24, 2.45) is 11.8 Å². The molecule has 1 aliphatic carbocycles. The monoisotopic (exact) mass is 434 g/mol. The SMILES string of the molecule is O=C(COC(=O)C1CCCCC1C(=O)N1CCc2ccccc21)NCCc1ccccc1. The van der Waals surface area contributed by atoms with E-state index < -0.39 is 11.9 Å². The number of carbonyl (C=O) groups excluding carboxylic acids is 3. The molecule has 6 heteroatoms. The van der Waals surface area contributed by atoms with Crippen molar-refractivity contribution in [1.29, 1.82) is 0 Å². The van der Waals surface area contributed by atoms with Crippen LogP contribution in [0, 0.1) is 11.8 Å². The molecule has 1 N–H and O–H groups in total. The van der Waals surface area contributed by atoms with Crippen LogP contribution in [0.5, 0.6) is 0 Å². The maximum absolute atomic E-state index is 13.3. The number of ether oxygens (including phenoxy) is 1. The van der Waals surface area contributed by atoms with E-state index in [1.54, 1.807) is 0 Å². The summed E-state index contributed by atoms with van der Waals surface area (Å²) in [6, 6.07) is 17.8. The smallest absolute Gasteiger partial charge is 0.310 e. The molecule has 2 unspecified atom stereocenters. The topological polar surface area (TPSA) is 75.7 Å². The molecule has 6 nitrogen and oxygen atoms in total. The Morgan fingerprint density at radius 3 is 2.47 bits per heavy atom. The maximum atomic E-state index is 13.3. The number of hydrogen-bond acceptors (Lipinski definition) is 4. The number of carbonyl (C=O) groups is 3. The summed E-state index contributed by atoms with van der Waals surface area (Å²) in [5.74, 6) is -1.62. The third-order valence-electron chi connectivity index (χ3n) is 6.46. The first-order chi connectivity index (χ1) is 15.6. The Hall–Kier alpha value is -3.15. The highest BCUT2D eigenvalue weighted by atomic mass is 16.5. The summed E-state index contributed by atoms with van der Waals surface area (Å²) in [5.41, 5.74) is 3.26. The van der Waals surface area contributed by atoms with Gasteiger partial charge in [0, 0.05) is 18.8 Å². The van der Waals surface area contributed by atoms with Gasteiger partial charge in [-0.25, -0.2) is 0 Å². The van der Waals surface area contributed by atoms with E-state index >= 15 is 0 Å². The Balaban J connectivity index is 1.29. The van der Waals surface area contributed by atoms with Crippen molar-refractivity contribution < 1.29 is 19.1 Å². The summed E-state index contributed by atoms with van der Waals surface area (Å²) in [5, 5.41) is 2.79. The number of nitrogens with zero attached hydrogens (tertiary/aromatic N) is 1. The lowest BCUT2D eigenvalue weighted by Crippen LogP contribution is -2.43. The zero-order chi connectivity index (χ0) is 22.3. The lowest BCUT2D eigenvalue weighted by molar-refractivity contribution is -0.157. The van der Waals surface area contributed by atoms with Gasteiger partial charge in [0.2, 0.25) is 5.91 Å². The van der Waals surface area contributed by atoms with Crippen LogP contribution in [0.25, 0.3) is 0 Å². The van der Waals surface area contributed by atoms with E-state index in [0.29, 0.717) is 25.9 Å². The second-order valence-corrected chi connectivity index (χ2v) is 8.56. The van der Waals surface area contributed by atoms with Gasteiger partial charge in [-0.15, -0.1) is 0 Å². The molecule has 2 atom stereocenters. The van der Waals surface area contributed by atoms with Crippen molar-refractivity contribution in [2.75, 3.05) is 24.6 Å². The minimum atomic E-state index is -0.485. The van der Waals surface area contributed by atoms with Gasteiger partial charge < -0.3 is 15.0 Å². The van der Waals surface area contributed by atoms with Crippen LogP contribution in [0.4, 0.5) is 5.69 Å². The highest BCUT2D eigenvalue weighted by molar-refractivity contribution is 5.99. The minimum Gasteiger partial charge on any atom is -0.455 e. The predicted molar refractivity (Wildman–Crippen MR) is 122 cm³/mol. The number of esters is 1. The second-order valence-electron chi connectivity index (χ2n) is 8.56. The molecule has 4 rings (SSSR count). The van der Waals surface area contributed by atoms with Crippen molar-refractivity contribution in [3.63, 3.8) is 0 Å². The summed E-state index contributed by atoms with van der Waals surface area (Å²) in [4.78, 5) is 40.1. The van der Waals surface area contributed by atoms with Crippen LogP contribution in [-0.4, -0.2) is 37.5 Å². The summed E-state index contributed by atoms with van der Waals surface area (Å²) < 4.78 is 5.34. The van der Waals surface area contributed by atoms with E-state index in [9.17, 15) is 14.4 Å². The molecule has 1 fully saturated rings. The number of para-hydroxylation sites is 1. The van der Waals surface area contributed by atoms with Crippen molar-refractivity contribution in [2.45, 2.75) is 38.5 Å². The Morgan fingerprint density at radius 1 is 0.938 bits per heavy atom. The molecule has 0 aromatic heterocycles. The molecule has 1 heterocycles. The Kier molecular flexibility index (Phi) is 7.20.